The molecule has 0 saturated carbocycles. The van der Waals surface area contributed by atoms with Crippen LogP contribution in [0.3, 0.4) is 0 Å². The Morgan fingerprint density at radius 3 is 2.79 bits per heavy atom. The van der Waals surface area contributed by atoms with Crippen LogP contribution in [0.5, 0.6) is 5.75 Å². The highest BCUT2D eigenvalue weighted by Crippen LogP contribution is 2.26. The van der Waals surface area contributed by atoms with Gasteiger partial charge in [0.2, 0.25) is 11.0 Å². The number of anilines is 1. The van der Waals surface area contributed by atoms with Gasteiger partial charge in [-0.2, -0.15) is 0 Å². The number of amides is 1. The van der Waals surface area contributed by atoms with Crippen molar-refractivity contribution >= 4 is 45.7 Å². The molecule has 28 heavy (non-hydrogen) atoms. The van der Waals surface area contributed by atoms with Crippen molar-refractivity contribution in [1.82, 2.24) is 25.0 Å². The minimum atomic E-state index is -0.314. The van der Waals surface area contributed by atoms with Crippen LogP contribution in [0.4, 0.5) is 5.13 Å². The highest BCUT2D eigenvalue weighted by molar-refractivity contribution is 7.99. The molecular weight excluding hydrogens is 420 g/mol. The smallest absolute Gasteiger partial charge is 0.236 e. The highest BCUT2D eigenvalue weighted by Gasteiger charge is 2.18. The zero-order chi connectivity index (χ0) is 20.3. The summed E-state index contributed by atoms with van der Waals surface area (Å²) in [5.74, 6) is 1.39. The predicted molar refractivity (Wildman–Crippen MR) is 110 cm³/mol. The standard InChI is InChI=1S/C17H19ClN6O2S2/c1-9-7-12(5-6-13(9)18)26-10(2)15-21-23-17(24(15)4)27-8-14(25)19-16-22-20-11(3)28-16/h5-7,10H,8H2,1-4H3,(H,19,22,25). The molecule has 1 amide bonds. The molecule has 0 radical (unpaired) electrons. The summed E-state index contributed by atoms with van der Waals surface area (Å²) < 4.78 is 7.77. The van der Waals surface area contributed by atoms with E-state index in [1.165, 1.54) is 23.1 Å². The summed E-state index contributed by atoms with van der Waals surface area (Å²) in [4.78, 5) is 12.1. The van der Waals surface area contributed by atoms with Gasteiger partial charge in [0.15, 0.2) is 17.1 Å². The molecule has 1 atom stereocenters. The van der Waals surface area contributed by atoms with E-state index >= 15 is 0 Å². The number of hydrogen-bond acceptors (Lipinski definition) is 8. The van der Waals surface area contributed by atoms with E-state index in [0.717, 1.165) is 10.6 Å². The van der Waals surface area contributed by atoms with Crippen molar-refractivity contribution in [3.05, 3.63) is 39.6 Å². The van der Waals surface area contributed by atoms with Crippen molar-refractivity contribution < 1.29 is 9.53 Å². The summed E-state index contributed by atoms with van der Waals surface area (Å²) in [6, 6.07) is 5.50. The number of ether oxygens (including phenoxy) is 1. The Bertz CT molecular complexity index is 990. The van der Waals surface area contributed by atoms with E-state index in [0.29, 0.717) is 26.9 Å². The number of rotatable bonds is 7. The highest BCUT2D eigenvalue weighted by atomic mass is 35.5. The Balaban J connectivity index is 1.59. The molecule has 3 rings (SSSR count). The van der Waals surface area contributed by atoms with Crippen LogP contribution in [0, 0.1) is 13.8 Å². The summed E-state index contributed by atoms with van der Waals surface area (Å²) in [6.45, 7) is 5.65. The quantitative estimate of drug-likeness (QED) is 0.560. The van der Waals surface area contributed by atoms with Gasteiger partial charge >= 0.3 is 0 Å². The number of aromatic nitrogens is 5. The van der Waals surface area contributed by atoms with Gasteiger partial charge in [-0.15, -0.1) is 20.4 Å². The fraction of sp³-hybridized carbons (Fsp3) is 0.353. The zero-order valence-corrected chi connectivity index (χ0v) is 18.2. The van der Waals surface area contributed by atoms with E-state index in [2.05, 4.69) is 25.7 Å². The van der Waals surface area contributed by atoms with E-state index in [9.17, 15) is 4.79 Å². The molecule has 148 valence electrons. The number of nitrogens with zero attached hydrogens (tertiary/aromatic N) is 5. The summed E-state index contributed by atoms with van der Waals surface area (Å²) in [5, 5.41) is 21.4. The molecule has 2 heterocycles. The van der Waals surface area contributed by atoms with Crippen LogP contribution in [0.25, 0.3) is 0 Å². The summed E-state index contributed by atoms with van der Waals surface area (Å²) in [7, 11) is 1.84. The first-order valence-electron chi connectivity index (χ1n) is 8.38. The lowest BCUT2D eigenvalue weighted by molar-refractivity contribution is -0.113. The van der Waals surface area contributed by atoms with Gasteiger partial charge in [0.25, 0.3) is 0 Å². The molecule has 0 spiro atoms. The lowest BCUT2D eigenvalue weighted by Crippen LogP contribution is -2.14. The van der Waals surface area contributed by atoms with Gasteiger partial charge in [-0.05, 0) is 44.5 Å². The largest absolute Gasteiger partial charge is 0.483 e. The molecule has 1 N–H and O–H groups in total. The lowest BCUT2D eigenvalue weighted by Gasteiger charge is -2.15. The van der Waals surface area contributed by atoms with E-state index in [-0.39, 0.29) is 17.8 Å². The van der Waals surface area contributed by atoms with Gasteiger partial charge in [-0.25, -0.2) is 0 Å². The third-order valence-electron chi connectivity index (χ3n) is 3.78. The van der Waals surface area contributed by atoms with Gasteiger partial charge < -0.3 is 9.30 Å². The van der Waals surface area contributed by atoms with Crippen LogP contribution in [0.1, 0.15) is 29.4 Å². The Hall–Kier alpha value is -2.17. The monoisotopic (exact) mass is 438 g/mol. The maximum atomic E-state index is 12.1. The minimum Gasteiger partial charge on any atom is -0.483 e. The molecule has 2 aromatic heterocycles. The first-order valence-corrected chi connectivity index (χ1v) is 10.6. The molecule has 11 heteroatoms. The Morgan fingerprint density at radius 2 is 2.11 bits per heavy atom. The lowest BCUT2D eigenvalue weighted by atomic mass is 10.2. The molecule has 8 nitrogen and oxygen atoms in total. The summed E-state index contributed by atoms with van der Waals surface area (Å²) in [5.41, 5.74) is 0.942. The first kappa shape index (κ1) is 20.6. The molecule has 0 aliphatic carbocycles. The minimum absolute atomic E-state index is 0.174. The van der Waals surface area contributed by atoms with Crippen LogP contribution in [0.15, 0.2) is 23.4 Å². The van der Waals surface area contributed by atoms with Crippen molar-refractivity contribution in [2.24, 2.45) is 7.05 Å². The van der Waals surface area contributed by atoms with Crippen LogP contribution >= 0.6 is 34.7 Å². The number of carbonyl (C=O) groups excluding carboxylic acids is 1. The van der Waals surface area contributed by atoms with E-state index < -0.39 is 0 Å². The second kappa shape index (κ2) is 8.89. The van der Waals surface area contributed by atoms with Crippen LogP contribution in [-0.4, -0.2) is 36.6 Å². The molecule has 1 unspecified atom stereocenters. The van der Waals surface area contributed by atoms with Gasteiger partial charge in [0, 0.05) is 12.1 Å². The van der Waals surface area contributed by atoms with Gasteiger partial charge in [0.1, 0.15) is 10.8 Å². The van der Waals surface area contributed by atoms with E-state index in [1.54, 1.807) is 6.07 Å². The van der Waals surface area contributed by atoms with Crippen molar-refractivity contribution in [3.63, 3.8) is 0 Å². The topological polar surface area (TPSA) is 94.8 Å². The normalized spacial score (nSPS) is 12.0. The molecule has 0 fully saturated rings. The number of carbonyl (C=O) groups is 1. The van der Waals surface area contributed by atoms with Gasteiger partial charge in [-0.3, -0.25) is 10.1 Å². The Labute approximate surface area is 175 Å². The number of benzene rings is 1. The van der Waals surface area contributed by atoms with Crippen LogP contribution in [0.2, 0.25) is 5.02 Å². The maximum absolute atomic E-state index is 12.1. The van der Waals surface area contributed by atoms with Crippen molar-refractivity contribution in [2.45, 2.75) is 32.0 Å². The van der Waals surface area contributed by atoms with Crippen molar-refractivity contribution in [1.29, 1.82) is 0 Å². The van der Waals surface area contributed by atoms with E-state index in [1.807, 2.05) is 44.5 Å². The van der Waals surface area contributed by atoms with Crippen molar-refractivity contribution in [2.75, 3.05) is 11.1 Å². The summed E-state index contributed by atoms with van der Waals surface area (Å²) in [6.07, 6.45) is -0.314. The molecular formula is C17H19ClN6O2S2. The molecule has 0 bridgehead atoms. The first-order chi connectivity index (χ1) is 13.3. The molecule has 0 aliphatic heterocycles. The van der Waals surface area contributed by atoms with Crippen LogP contribution < -0.4 is 10.1 Å². The molecule has 3 aromatic rings. The average Bonchev–Trinajstić information content (AvgIpc) is 3.21. The van der Waals surface area contributed by atoms with Gasteiger partial charge in [-0.1, -0.05) is 34.7 Å². The molecule has 0 saturated heterocycles. The molecule has 0 aliphatic rings. The summed E-state index contributed by atoms with van der Waals surface area (Å²) >= 11 is 8.67. The third-order valence-corrected chi connectivity index (χ3v) is 5.98. The molecule has 1 aromatic carbocycles. The second-order valence-corrected chi connectivity index (χ2v) is 8.57. The number of thioether (sulfide) groups is 1. The zero-order valence-electron chi connectivity index (χ0n) is 15.8. The predicted octanol–water partition coefficient (Wildman–Crippen LogP) is 3.81. The van der Waals surface area contributed by atoms with Crippen molar-refractivity contribution in [3.8, 4) is 5.75 Å². The number of aryl methyl sites for hydroxylation is 2. The SMILES string of the molecule is Cc1nnc(NC(=O)CSc2nnc(C(C)Oc3ccc(Cl)c(C)c3)n2C)s1. The average molecular weight is 439 g/mol. The van der Waals surface area contributed by atoms with Gasteiger partial charge in [0.05, 0.1) is 5.75 Å². The van der Waals surface area contributed by atoms with E-state index in [4.69, 9.17) is 16.3 Å². The Morgan fingerprint density at radius 1 is 1.32 bits per heavy atom. The fourth-order valence-electron chi connectivity index (χ4n) is 2.39. The number of halogens is 1. The second-order valence-electron chi connectivity index (χ2n) is 6.03. The third kappa shape index (κ3) is 5.00. The number of nitrogens with one attached hydrogen (secondary N) is 1. The Kier molecular flexibility index (Phi) is 6.53. The van der Waals surface area contributed by atoms with Crippen LogP contribution in [-0.2, 0) is 11.8 Å². The number of hydrogen-bond donors (Lipinski definition) is 1. The fourth-order valence-corrected chi connectivity index (χ4v) is 3.83. The maximum Gasteiger partial charge on any atom is 0.236 e.